The van der Waals surface area contributed by atoms with Crippen LogP contribution in [0.4, 0.5) is 5.69 Å². The molecular formula is C22H23N3O5. The first-order valence-corrected chi connectivity index (χ1v) is 9.41. The predicted molar refractivity (Wildman–Crippen MR) is 114 cm³/mol. The molecule has 0 bridgehead atoms. The third-order valence-corrected chi connectivity index (χ3v) is 4.03. The Kier molecular flexibility index (Phi) is 6.69. The van der Waals surface area contributed by atoms with Crippen molar-refractivity contribution in [1.29, 1.82) is 0 Å². The molecule has 0 aliphatic carbocycles. The standard InChI is InChI=1S/C22H23N3O5/c1-14(2)13-29-18-9-7-15(11-19(18)28-3)8-10-20(26)23-17-6-4-5-16(12-17)21-24-22(27)30-25-21/h4-12,14H,13H2,1-3H3,(H,23,26)(H,24,25,27)/b10-8+. The summed E-state index contributed by atoms with van der Waals surface area (Å²) >= 11 is 0. The largest absolute Gasteiger partial charge is 0.493 e. The van der Waals surface area contributed by atoms with E-state index in [-0.39, 0.29) is 5.91 Å². The lowest BCUT2D eigenvalue weighted by atomic mass is 10.1. The maximum atomic E-state index is 12.3. The highest BCUT2D eigenvalue weighted by Gasteiger charge is 2.08. The third kappa shape index (κ3) is 5.60. The Hall–Kier alpha value is -3.81. The van der Waals surface area contributed by atoms with E-state index in [1.54, 1.807) is 43.5 Å². The summed E-state index contributed by atoms with van der Waals surface area (Å²) < 4.78 is 15.6. The molecule has 30 heavy (non-hydrogen) atoms. The molecule has 0 atom stereocenters. The zero-order valence-electron chi connectivity index (χ0n) is 17.0. The minimum absolute atomic E-state index is 0.290. The van der Waals surface area contributed by atoms with Gasteiger partial charge in [-0.15, -0.1) is 0 Å². The number of rotatable bonds is 8. The molecule has 2 aromatic carbocycles. The summed E-state index contributed by atoms with van der Waals surface area (Å²) in [5.41, 5.74) is 1.97. The van der Waals surface area contributed by atoms with Gasteiger partial charge in [0.1, 0.15) is 0 Å². The molecule has 0 aliphatic rings. The molecule has 0 saturated heterocycles. The number of amides is 1. The van der Waals surface area contributed by atoms with E-state index < -0.39 is 5.76 Å². The number of benzene rings is 2. The molecule has 3 aromatic rings. The van der Waals surface area contributed by atoms with E-state index >= 15 is 0 Å². The highest BCUT2D eigenvalue weighted by Crippen LogP contribution is 2.29. The van der Waals surface area contributed by atoms with Gasteiger partial charge in [0.2, 0.25) is 5.91 Å². The summed E-state index contributed by atoms with van der Waals surface area (Å²) in [5, 5.41) is 6.41. The van der Waals surface area contributed by atoms with Crippen LogP contribution in [0.5, 0.6) is 11.5 Å². The lowest BCUT2D eigenvalue weighted by Crippen LogP contribution is -2.07. The fraction of sp³-hybridized carbons (Fsp3) is 0.227. The average Bonchev–Trinajstić information content (AvgIpc) is 3.17. The van der Waals surface area contributed by atoms with Crippen LogP contribution in [-0.2, 0) is 4.79 Å². The second kappa shape index (κ2) is 9.60. The Morgan fingerprint density at radius 3 is 2.77 bits per heavy atom. The lowest BCUT2D eigenvalue weighted by Gasteiger charge is -2.12. The van der Waals surface area contributed by atoms with Gasteiger partial charge in [-0.1, -0.05) is 37.2 Å². The van der Waals surface area contributed by atoms with Gasteiger partial charge in [0.25, 0.3) is 0 Å². The number of hydrogen-bond acceptors (Lipinski definition) is 6. The Morgan fingerprint density at radius 1 is 1.23 bits per heavy atom. The Balaban J connectivity index is 1.67. The number of anilines is 1. The summed E-state index contributed by atoms with van der Waals surface area (Å²) in [5.74, 6) is 1.01. The SMILES string of the molecule is COc1cc(/C=C/C(=O)Nc2cccc(-c3noc(=O)[nH]3)c2)ccc1OCC(C)C. The molecule has 8 heteroatoms. The summed E-state index contributed by atoms with van der Waals surface area (Å²) in [4.78, 5) is 25.9. The van der Waals surface area contributed by atoms with Gasteiger partial charge in [0.15, 0.2) is 17.3 Å². The van der Waals surface area contributed by atoms with Gasteiger partial charge in [0.05, 0.1) is 13.7 Å². The maximum absolute atomic E-state index is 12.3. The molecule has 1 heterocycles. The molecule has 0 radical (unpaired) electrons. The summed E-state index contributed by atoms with van der Waals surface area (Å²) in [6.07, 6.45) is 3.11. The van der Waals surface area contributed by atoms with Crippen LogP contribution < -0.4 is 20.5 Å². The first-order valence-electron chi connectivity index (χ1n) is 9.41. The van der Waals surface area contributed by atoms with Crippen molar-refractivity contribution in [3.63, 3.8) is 0 Å². The van der Waals surface area contributed by atoms with E-state index in [0.29, 0.717) is 41.1 Å². The molecule has 0 saturated carbocycles. The average molecular weight is 409 g/mol. The normalized spacial score (nSPS) is 11.1. The van der Waals surface area contributed by atoms with E-state index in [0.717, 1.165) is 5.56 Å². The van der Waals surface area contributed by atoms with Crippen LogP contribution in [0.25, 0.3) is 17.5 Å². The van der Waals surface area contributed by atoms with Crippen molar-refractivity contribution in [3.8, 4) is 22.9 Å². The van der Waals surface area contributed by atoms with Crippen molar-refractivity contribution in [2.75, 3.05) is 19.0 Å². The molecular weight excluding hydrogens is 386 g/mol. The van der Waals surface area contributed by atoms with Gasteiger partial charge in [0, 0.05) is 17.3 Å². The quantitative estimate of drug-likeness (QED) is 0.549. The number of nitrogens with one attached hydrogen (secondary N) is 2. The Morgan fingerprint density at radius 2 is 2.07 bits per heavy atom. The topological polar surface area (TPSA) is 106 Å². The number of ether oxygens (including phenoxy) is 2. The van der Waals surface area contributed by atoms with Crippen molar-refractivity contribution >= 4 is 17.7 Å². The third-order valence-electron chi connectivity index (χ3n) is 4.03. The second-order valence-electron chi connectivity index (χ2n) is 6.96. The van der Waals surface area contributed by atoms with Gasteiger partial charge >= 0.3 is 5.76 Å². The monoisotopic (exact) mass is 409 g/mol. The highest BCUT2D eigenvalue weighted by molar-refractivity contribution is 6.02. The molecule has 2 N–H and O–H groups in total. The molecule has 156 valence electrons. The van der Waals surface area contributed by atoms with Crippen molar-refractivity contribution in [2.45, 2.75) is 13.8 Å². The Bertz CT molecular complexity index is 1100. The number of hydrogen-bond donors (Lipinski definition) is 2. The smallest absolute Gasteiger partial charge is 0.439 e. The first kappa shape index (κ1) is 20.9. The number of carbonyl (C=O) groups is 1. The zero-order valence-corrected chi connectivity index (χ0v) is 17.0. The fourth-order valence-corrected chi connectivity index (χ4v) is 2.62. The van der Waals surface area contributed by atoms with Gasteiger partial charge in [-0.2, -0.15) is 0 Å². The van der Waals surface area contributed by atoms with E-state index in [9.17, 15) is 9.59 Å². The van der Waals surface area contributed by atoms with Crippen molar-refractivity contribution < 1.29 is 18.8 Å². The van der Waals surface area contributed by atoms with E-state index in [1.165, 1.54) is 6.08 Å². The van der Waals surface area contributed by atoms with Crippen molar-refractivity contribution in [3.05, 3.63) is 64.7 Å². The van der Waals surface area contributed by atoms with Crippen molar-refractivity contribution in [2.24, 2.45) is 5.92 Å². The second-order valence-corrected chi connectivity index (χ2v) is 6.96. The molecule has 8 nitrogen and oxygen atoms in total. The van der Waals surface area contributed by atoms with Gasteiger partial charge in [-0.05, 0) is 41.8 Å². The highest BCUT2D eigenvalue weighted by atomic mass is 16.5. The molecule has 0 aliphatic heterocycles. The molecule has 1 aromatic heterocycles. The Labute approximate surface area is 173 Å². The van der Waals surface area contributed by atoms with Gasteiger partial charge in [-0.3, -0.25) is 14.3 Å². The van der Waals surface area contributed by atoms with Crippen LogP contribution in [0, 0.1) is 5.92 Å². The minimum Gasteiger partial charge on any atom is -0.493 e. The summed E-state index contributed by atoms with van der Waals surface area (Å²) in [6.45, 7) is 4.74. The molecule has 0 spiro atoms. The van der Waals surface area contributed by atoms with Crippen LogP contribution in [0.3, 0.4) is 0 Å². The van der Waals surface area contributed by atoms with Gasteiger partial charge in [-0.25, -0.2) is 4.79 Å². The van der Waals surface area contributed by atoms with E-state index in [1.807, 2.05) is 12.1 Å². The minimum atomic E-state index is -0.640. The number of carbonyl (C=O) groups excluding carboxylic acids is 1. The summed E-state index contributed by atoms with van der Waals surface area (Å²) in [6, 6.07) is 12.4. The van der Waals surface area contributed by atoms with Crippen LogP contribution in [-0.4, -0.2) is 29.8 Å². The molecule has 0 fully saturated rings. The fourth-order valence-electron chi connectivity index (χ4n) is 2.62. The first-order chi connectivity index (χ1) is 14.4. The van der Waals surface area contributed by atoms with Crippen molar-refractivity contribution in [1.82, 2.24) is 10.1 Å². The number of aromatic nitrogens is 2. The number of nitrogens with zero attached hydrogens (tertiary/aromatic N) is 1. The van der Waals surface area contributed by atoms with E-state index in [4.69, 9.17) is 9.47 Å². The van der Waals surface area contributed by atoms with Gasteiger partial charge < -0.3 is 14.8 Å². The zero-order chi connectivity index (χ0) is 21.5. The predicted octanol–water partition coefficient (Wildman–Crippen LogP) is 3.73. The molecule has 1 amide bonds. The molecule has 0 unspecified atom stereocenters. The van der Waals surface area contributed by atoms with Crippen LogP contribution in [0.1, 0.15) is 19.4 Å². The number of aromatic amines is 1. The lowest BCUT2D eigenvalue weighted by molar-refractivity contribution is -0.111. The van der Waals surface area contributed by atoms with E-state index in [2.05, 4.69) is 33.8 Å². The summed E-state index contributed by atoms with van der Waals surface area (Å²) in [7, 11) is 1.58. The van der Waals surface area contributed by atoms with Crippen LogP contribution >= 0.6 is 0 Å². The maximum Gasteiger partial charge on any atom is 0.439 e. The van der Waals surface area contributed by atoms with Crippen LogP contribution in [0.15, 0.2) is 57.9 Å². The number of H-pyrrole nitrogens is 1. The molecule has 3 rings (SSSR count). The number of methoxy groups -OCH3 is 1. The van der Waals surface area contributed by atoms with Crippen LogP contribution in [0.2, 0.25) is 0 Å².